The number of ether oxygens (including phenoxy) is 1. The van der Waals surface area contributed by atoms with Crippen LogP contribution in [0.15, 0.2) is 0 Å². The van der Waals surface area contributed by atoms with Gasteiger partial charge < -0.3 is 15.8 Å². The topological polar surface area (TPSA) is 64.4 Å². The lowest BCUT2D eigenvalue weighted by Gasteiger charge is -2.13. The highest BCUT2D eigenvalue weighted by molar-refractivity contribution is 5.75. The lowest BCUT2D eigenvalue weighted by Crippen LogP contribution is -2.28. The molecular weight excluding hydrogens is 216 g/mol. The SMILES string of the molecule is CCC(CCN)CCC(=O)NCCOC(C)C. The Hall–Kier alpha value is -0.610. The molecule has 0 aromatic carbocycles. The molecule has 0 fully saturated rings. The third-order valence-electron chi connectivity index (χ3n) is 2.81. The summed E-state index contributed by atoms with van der Waals surface area (Å²) in [4.78, 5) is 11.5. The average Bonchev–Trinajstić information content (AvgIpc) is 2.29. The van der Waals surface area contributed by atoms with Crippen molar-refractivity contribution < 1.29 is 9.53 Å². The summed E-state index contributed by atoms with van der Waals surface area (Å²) in [5.41, 5.74) is 5.52. The van der Waals surface area contributed by atoms with Crippen molar-refractivity contribution in [1.29, 1.82) is 0 Å². The van der Waals surface area contributed by atoms with Gasteiger partial charge in [-0.1, -0.05) is 13.3 Å². The Balaban J connectivity index is 3.51. The van der Waals surface area contributed by atoms with Crippen LogP contribution in [0.25, 0.3) is 0 Å². The minimum Gasteiger partial charge on any atom is -0.377 e. The number of carbonyl (C=O) groups is 1. The van der Waals surface area contributed by atoms with Crippen LogP contribution >= 0.6 is 0 Å². The lowest BCUT2D eigenvalue weighted by molar-refractivity contribution is -0.121. The molecule has 1 unspecified atom stereocenters. The molecule has 4 heteroatoms. The molecular formula is C13H28N2O2. The van der Waals surface area contributed by atoms with Crippen LogP contribution in [0.3, 0.4) is 0 Å². The Morgan fingerprint density at radius 2 is 2.06 bits per heavy atom. The van der Waals surface area contributed by atoms with E-state index >= 15 is 0 Å². The van der Waals surface area contributed by atoms with E-state index < -0.39 is 0 Å². The molecule has 1 amide bonds. The molecule has 0 rings (SSSR count). The van der Waals surface area contributed by atoms with E-state index in [1.807, 2.05) is 13.8 Å². The van der Waals surface area contributed by atoms with E-state index in [1.54, 1.807) is 0 Å². The van der Waals surface area contributed by atoms with E-state index in [9.17, 15) is 4.79 Å². The molecule has 0 saturated heterocycles. The predicted molar refractivity (Wildman–Crippen MR) is 70.8 cm³/mol. The number of carbonyl (C=O) groups excluding carboxylic acids is 1. The summed E-state index contributed by atoms with van der Waals surface area (Å²) in [6, 6.07) is 0. The first kappa shape index (κ1) is 16.4. The summed E-state index contributed by atoms with van der Waals surface area (Å²) in [7, 11) is 0. The molecule has 0 aromatic rings. The number of nitrogens with two attached hydrogens (primary N) is 1. The molecule has 1 atom stereocenters. The van der Waals surface area contributed by atoms with Gasteiger partial charge in [-0.3, -0.25) is 4.79 Å². The fourth-order valence-electron chi connectivity index (χ4n) is 1.70. The Morgan fingerprint density at radius 3 is 2.59 bits per heavy atom. The Labute approximate surface area is 105 Å². The second-order valence-electron chi connectivity index (χ2n) is 4.66. The highest BCUT2D eigenvalue weighted by Crippen LogP contribution is 2.14. The zero-order valence-electron chi connectivity index (χ0n) is 11.5. The number of amides is 1. The van der Waals surface area contributed by atoms with Crippen LogP contribution in [0, 0.1) is 5.92 Å². The molecule has 102 valence electrons. The Kier molecular flexibility index (Phi) is 10.2. The van der Waals surface area contributed by atoms with Crippen molar-refractivity contribution in [3.63, 3.8) is 0 Å². The highest BCUT2D eigenvalue weighted by Gasteiger charge is 2.08. The Morgan fingerprint density at radius 1 is 1.35 bits per heavy atom. The third kappa shape index (κ3) is 10.3. The van der Waals surface area contributed by atoms with Gasteiger partial charge in [0, 0.05) is 13.0 Å². The van der Waals surface area contributed by atoms with Crippen LogP contribution in [-0.2, 0) is 9.53 Å². The second kappa shape index (κ2) is 10.5. The second-order valence-corrected chi connectivity index (χ2v) is 4.66. The van der Waals surface area contributed by atoms with Gasteiger partial charge in [-0.2, -0.15) is 0 Å². The van der Waals surface area contributed by atoms with Crippen molar-refractivity contribution in [2.24, 2.45) is 11.7 Å². The van der Waals surface area contributed by atoms with Crippen molar-refractivity contribution in [1.82, 2.24) is 5.32 Å². The van der Waals surface area contributed by atoms with Crippen LogP contribution in [-0.4, -0.2) is 31.7 Å². The van der Waals surface area contributed by atoms with Gasteiger partial charge in [-0.15, -0.1) is 0 Å². The number of nitrogens with one attached hydrogen (secondary N) is 1. The van der Waals surface area contributed by atoms with Crippen molar-refractivity contribution in [2.75, 3.05) is 19.7 Å². The minimum absolute atomic E-state index is 0.118. The fourth-order valence-corrected chi connectivity index (χ4v) is 1.70. The van der Waals surface area contributed by atoms with Crippen molar-refractivity contribution in [3.8, 4) is 0 Å². The van der Waals surface area contributed by atoms with Gasteiger partial charge in [0.15, 0.2) is 0 Å². The van der Waals surface area contributed by atoms with E-state index in [1.165, 1.54) is 0 Å². The standard InChI is InChI=1S/C13H28N2O2/c1-4-12(7-8-14)5-6-13(16)15-9-10-17-11(2)3/h11-12H,4-10,14H2,1-3H3,(H,15,16). The van der Waals surface area contributed by atoms with Gasteiger partial charge >= 0.3 is 0 Å². The fraction of sp³-hybridized carbons (Fsp3) is 0.923. The van der Waals surface area contributed by atoms with Crippen LogP contribution in [0.2, 0.25) is 0 Å². The first-order chi connectivity index (χ1) is 8.10. The molecule has 0 aliphatic carbocycles. The molecule has 0 aliphatic rings. The van der Waals surface area contributed by atoms with Crippen LogP contribution < -0.4 is 11.1 Å². The van der Waals surface area contributed by atoms with Gasteiger partial charge in [0.2, 0.25) is 5.91 Å². The van der Waals surface area contributed by atoms with Gasteiger partial charge in [-0.25, -0.2) is 0 Å². The predicted octanol–water partition coefficient (Wildman–Crippen LogP) is 1.68. The zero-order chi connectivity index (χ0) is 13.1. The van der Waals surface area contributed by atoms with Crippen LogP contribution in [0.4, 0.5) is 0 Å². The largest absolute Gasteiger partial charge is 0.377 e. The van der Waals surface area contributed by atoms with Gasteiger partial charge in [0.05, 0.1) is 12.7 Å². The minimum atomic E-state index is 0.118. The highest BCUT2D eigenvalue weighted by atomic mass is 16.5. The van der Waals surface area contributed by atoms with E-state index in [-0.39, 0.29) is 12.0 Å². The van der Waals surface area contributed by atoms with E-state index in [0.29, 0.717) is 32.0 Å². The first-order valence-electron chi connectivity index (χ1n) is 6.68. The van der Waals surface area contributed by atoms with Crippen molar-refractivity contribution in [2.45, 2.75) is 52.6 Å². The molecule has 0 aromatic heterocycles. The quantitative estimate of drug-likeness (QED) is 0.575. The maximum atomic E-state index is 11.5. The lowest BCUT2D eigenvalue weighted by atomic mass is 9.96. The van der Waals surface area contributed by atoms with Gasteiger partial charge in [0.25, 0.3) is 0 Å². The average molecular weight is 244 g/mol. The number of hydrogen-bond donors (Lipinski definition) is 2. The summed E-state index contributed by atoms with van der Waals surface area (Å²) in [6.45, 7) is 8.02. The van der Waals surface area contributed by atoms with Crippen LogP contribution in [0.5, 0.6) is 0 Å². The summed E-state index contributed by atoms with van der Waals surface area (Å²) < 4.78 is 5.35. The molecule has 0 saturated carbocycles. The molecule has 0 radical (unpaired) electrons. The van der Waals surface area contributed by atoms with Gasteiger partial charge in [0.1, 0.15) is 0 Å². The maximum Gasteiger partial charge on any atom is 0.220 e. The first-order valence-corrected chi connectivity index (χ1v) is 6.68. The van der Waals surface area contributed by atoms with E-state index in [4.69, 9.17) is 10.5 Å². The molecule has 0 heterocycles. The summed E-state index contributed by atoms with van der Waals surface area (Å²) in [5.74, 6) is 0.700. The molecule has 0 bridgehead atoms. The smallest absolute Gasteiger partial charge is 0.220 e. The maximum absolute atomic E-state index is 11.5. The van der Waals surface area contributed by atoms with E-state index in [0.717, 1.165) is 19.3 Å². The molecule has 0 spiro atoms. The molecule has 4 nitrogen and oxygen atoms in total. The summed E-state index contributed by atoms with van der Waals surface area (Å²) in [5, 5.41) is 2.86. The van der Waals surface area contributed by atoms with Gasteiger partial charge in [-0.05, 0) is 39.2 Å². The molecule has 3 N–H and O–H groups in total. The monoisotopic (exact) mass is 244 g/mol. The van der Waals surface area contributed by atoms with Crippen LogP contribution in [0.1, 0.15) is 46.5 Å². The zero-order valence-corrected chi connectivity index (χ0v) is 11.5. The summed E-state index contributed by atoms with van der Waals surface area (Å²) in [6.07, 6.45) is 3.87. The third-order valence-corrected chi connectivity index (χ3v) is 2.81. The normalized spacial score (nSPS) is 12.8. The Bertz CT molecular complexity index is 196. The number of rotatable bonds is 10. The molecule has 17 heavy (non-hydrogen) atoms. The number of hydrogen-bond acceptors (Lipinski definition) is 3. The molecule has 0 aliphatic heterocycles. The van der Waals surface area contributed by atoms with E-state index in [2.05, 4.69) is 12.2 Å². The van der Waals surface area contributed by atoms with Crippen molar-refractivity contribution in [3.05, 3.63) is 0 Å². The summed E-state index contributed by atoms with van der Waals surface area (Å²) >= 11 is 0. The van der Waals surface area contributed by atoms with Crippen molar-refractivity contribution >= 4 is 5.91 Å².